The molecule has 1 heterocycles. The van der Waals surface area contributed by atoms with Gasteiger partial charge < -0.3 is 19.2 Å². The van der Waals surface area contributed by atoms with Crippen molar-refractivity contribution in [2.24, 2.45) is 0 Å². The third kappa shape index (κ3) is 3.16. The fraction of sp³-hybridized carbons (Fsp3) is 0.190. The van der Waals surface area contributed by atoms with Crippen molar-refractivity contribution in [1.82, 2.24) is 4.98 Å². The zero-order valence-electron chi connectivity index (χ0n) is 15.3. The Morgan fingerprint density at radius 1 is 1.00 bits per heavy atom. The standard InChI is InChI=1S/C21H21NO4/c1-13(9-15-12-22-17-8-6-5-7-16(15)17)20(23)14-10-18(24-2)21(26-4)19(11-14)25-3/h5-12,22H,1-4H3/b13-9+. The van der Waals surface area contributed by atoms with Gasteiger partial charge in [0.25, 0.3) is 0 Å². The van der Waals surface area contributed by atoms with Crippen LogP contribution in [0.2, 0.25) is 0 Å². The summed E-state index contributed by atoms with van der Waals surface area (Å²) >= 11 is 0. The van der Waals surface area contributed by atoms with Gasteiger partial charge in [-0.15, -0.1) is 0 Å². The summed E-state index contributed by atoms with van der Waals surface area (Å²) in [6.07, 6.45) is 3.78. The molecule has 0 saturated carbocycles. The van der Waals surface area contributed by atoms with Crippen molar-refractivity contribution in [3.8, 4) is 17.2 Å². The summed E-state index contributed by atoms with van der Waals surface area (Å²) in [6, 6.07) is 11.3. The van der Waals surface area contributed by atoms with E-state index in [-0.39, 0.29) is 5.78 Å². The van der Waals surface area contributed by atoms with Gasteiger partial charge in [-0.05, 0) is 36.8 Å². The van der Waals surface area contributed by atoms with E-state index in [1.54, 1.807) is 19.1 Å². The van der Waals surface area contributed by atoms with Crippen LogP contribution >= 0.6 is 0 Å². The summed E-state index contributed by atoms with van der Waals surface area (Å²) in [5, 5.41) is 1.07. The van der Waals surface area contributed by atoms with E-state index in [0.29, 0.717) is 28.4 Å². The van der Waals surface area contributed by atoms with Gasteiger partial charge >= 0.3 is 0 Å². The van der Waals surface area contributed by atoms with Crippen LogP contribution in [0.4, 0.5) is 0 Å². The van der Waals surface area contributed by atoms with Crippen LogP contribution in [-0.2, 0) is 0 Å². The van der Waals surface area contributed by atoms with E-state index in [1.165, 1.54) is 21.3 Å². The molecule has 3 rings (SSSR count). The monoisotopic (exact) mass is 351 g/mol. The molecule has 134 valence electrons. The molecule has 0 atom stereocenters. The Morgan fingerprint density at radius 2 is 1.65 bits per heavy atom. The van der Waals surface area contributed by atoms with E-state index in [0.717, 1.165) is 16.5 Å². The minimum atomic E-state index is -0.102. The molecule has 5 heteroatoms. The van der Waals surface area contributed by atoms with Crippen LogP contribution in [0.5, 0.6) is 17.2 Å². The number of allylic oxidation sites excluding steroid dienone is 1. The number of fused-ring (bicyclic) bond motifs is 1. The fourth-order valence-electron chi connectivity index (χ4n) is 2.95. The summed E-state index contributed by atoms with van der Waals surface area (Å²) in [6.45, 7) is 1.80. The van der Waals surface area contributed by atoms with Crippen molar-refractivity contribution >= 4 is 22.8 Å². The average Bonchev–Trinajstić information content (AvgIpc) is 3.09. The van der Waals surface area contributed by atoms with Crippen molar-refractivity contribution in [2.75, 3.05) is 21.3 Å². The number of para-hydroxylation sites is 1. The molecule has 0 aliphatic carbocycles. The topological polar surface area (TPSA) is 60.6 Å². The van der Waals surface area contributed by atoms with E-state index < -0.39 is 0 Å². The first kappa shape index (κ1) is 17.6. The number of hydrogen-bond acceptors (Lipinski definition) is 4. The van der Waals surface area contributed by atoms with E-state index in [9.17, 15) is 4.79 Å². The fourth-order valence-corrected chi connectivity index (χ4v) is 2.95. The summed E-state index contributed by atoms with van der Waals surface area (Å²) in [5.41, 5.74) is 3.10. The first-order valence-corrected chi connectivity index (χ1v) is 8.18. The summed E-state index contributed by atoms with van der Waals surface area (Å²) in [7, 11) is 4.59. The van der Waals surface area contributed by atoms with Crippen molar-refractivity contribution in [2.45, 2.75) is 6.92 Å². The normalized spacial score (nSPS) is 11.5. The molecule has 0 aliphatic rings. The number of carbonyl (C=O) groups is 1. The molecular formula is C21H21NO4. The van der Waals surface area contributed by atoms with Crippen LogP contribution in [0.15, 0.2) is 48.2 Å². The SMILES string of the molecule is COc1cc(C(=O)/C(C)=C/c2c[nH]c3ccccc23)cc(OC)c1OC. The molecule has 5 nitrogen and oxygen atoms in total. The molecule has 0 saturated heterocycles. The number of ether oxygens (including phenoxy) is 3. The lowest BCUT2D eigenvalue weighted by Crippen LogP contribution is -2.03. The largest absolute Gasteiger partial charge is 0.493 e. The quantitative estimate of drug-likeness (QED) is 0.525. The number of nitrogens with one attached hydrogen (secondary N) is 1. The first-order chi connectivity index (χ1) is 12.6. The highest BCUT2D eigenvalue weighted by molar-refractivity contribution is 6.12. The molecule has 1 N–H and O–H groups in total. The van der Waals surface area contributed by atoms with E-state index in [2.05, 4.69) is 4.98 Å². The number of carbonyl (C=O) groups excluding carboxylic acids is 1. The lowest BCUT2D eigenvalue weighted by Gasteiger charge is -2.13. The van der Waals surface area contributed by atoms with Crippen LogP contribution in [0.1, 0.15) is 22.8 Å². The Hall–Kier alpha value is -3.21. The van der Waals surface area contributed by atoms with Gasteiger partial charge in [0, 0.05) is 28.2 Å². The number of rotatable bonds is 6. The van der Waals surface area contributed by atoms with Crippen LogP contribution < -0.4 is 14.2 Å². The summed E-state index contributed by atoms with van der Waals surface area (Å²) in [5.74, 6) is 1.27. The molecule has 0 bridgehead atoms. The van der Waals surface area contributed by atoms with Gasteiger partial charge in [-0.1, -0.05) is 18.2 Å². The molecule has 3 aromatic rings. The lowest BCUT2D eigenvalue weighted by molar-refractivity contribution is 0.103. The highest BCUT2D eigenvalue weighted by Gasteiger charge is 2.18. The third-order valence-corrected chi connectivity index (χ3v) is 4.28. The van der Waals surface area contributed by atoms with Crippen molar-refractivity contribution in [1.29, 1.82) is 0 Å². The second-order valence-electron chi connectivity index (χ2n) is 5.86. The highest BCUT2D eigenvalue weighted by Crippen LogP contribution is 2.38. The Labute approximate surface area is 152 Å². The number of H-pyrrole nitrogens is 1. The molecule has 0 aliphatic heterocycles. The molecule has 26 heavy (non-hydrogen) atoms. The Balaban J connectivity index is 2.00. The second kappa shape index (κ2) is 7.35. The number of methoxy groups -OCH3 is 3. The number of ketones is 1. The minimum absolute atomic E-state index is 0.102. The molecular weight excluding hydrogens is 330 g/mol. The zero-order chi connectivity index (χ0) is 18.7. The number of Topliss-reactive ketones (excluding diaryl/α,β-unsaturated/α-hetero) is 1. The number of aromatic amines is 1. The molecule has 0 amide bonds. The smallest absolute Gasteiger partial charge is 0.203 e. The van der Waals surface area contributed by atoms with Gasteiger partial charge in [0.1, 0.15) is 0 Å². The van der Waals surface area contributed by atoms with Gasteiger partial charge in [-0.2, -0.15) is 0 Å². The van der Waals surface area contributed by atoms with E-state index in [1.807, 2.05) is 36.5 Å². The number of aromatic nitrogens is 1. The van der Waals surface area contributed by atoms with E-state index in [4.69, 9.17) is 14.2 Å². The third-order valence-electron chi connectivity index (χ3n) is 4.28. The van der Waals surface area contributed by atoms with Crippen molar-refractivity contribution in [3.63, 3.8) is 0 Å². The summed E-state index contributed by atoms with van der Waals surface area (Å²) in [4.78, 5) is 16.1. The maximum absolute atomic E-state index is 12.9. The van der Waals surface area contributed by atoms with Gasteiger partial charge in [-0.3, -0.25) is 4.79 Å². The molecule has 0 fully saturated rings. The molecule has 2 aromatic carbocycles. The molecule has 0 radical (unpaired) electrons. The Bertz CT molecular complexity index is 960. The second-order valence-corrected chi connectivity index (χ2v) is 5.86. The zero-order valence-corrected chi connectivity index (χ0v) is 15.3. The Kier molecular flexibility index (Phi) is 4.98. The van der Waals surface area contributed by atoms with Gasteiger partial charge in [-0.25, -0.2) is 0 Å². The van der Waals surface area contributed by atoms with Crippen LogP contribution in [0, 0.1) is 0 Å². The lowest BCUT2D eigenvalue weighted by atomic mass is 10.0. The van der Waals surface area contributed by atoms with Crippen LogP contribution in [-0.4, -0.2) is 32.1 Å². The molecule has 1 aromatic heterocycles. The maximum atomic E-state index is 12.9. The maximum Gasteiger partial charge on any atom is 0.203 e. The molecule has 0 spiro atoms. The van der Waals surface area contributed by atoms with Crippen molar-refractivity contribution in [3.05, 3.63) is 59.3 Å². The minimum Gasteiger partial charge on any atom is -0.493 e. The summed E-state index contributed by atoms with van der Waals surface area (Å²) < 4.78 is 16.0. The van der Waals surface area contributed by atoms with Gasteiger partial charge in [0.2, 0.25) is 5.75 Å². The van der Waals surface area contributed by atoms with Gasteiger partial charge in [0.05, 0.1) is 21.3 Å². The number of hydrogen-bond donors (Lipinski definition) is 1. The highest BCUT2D eigenvalue weighted by atomic mass is 16.5. The van der Waals surface area contributed by atoms with Crippen LogP contribution in [0.25, 0.3) is 17.0 Å². The number of benzene rings is 2. The van der Waals surface area contributed by atoms with E-state index >= 15 is 0 Å². The predicted octanol–water partition coefficient (Wildman–Crippen LogP) is 4.48. The Morgan fingerprint density at radius 3 is 2.27 bits per heavy atom. The van der Waals surface area contributed by atoms with Crippen molar-refractivity contribution < 1.29 is 19.0 Å². The van der Waals surface area contributed by atoms with Crippen LogP contribution in [0.3, 0.4) is 0 Å². The first-order valence-electron chi connectivity index (χ1n) is 8.18. The molecule has 0 unspecified atom stereocenters. The van der Waals surface area contributed by atoms with Gasteiger partial charge in [0.15, 0.2) is 17.3 Å². The predicted molar refractivity (Wildman–Crippen MR) is 102 cm³/mol. The average molecular weight is 351 g/mol.